The van der Waals surface area contributed by atoms with Crippen molar-refractivity contribution < 1.29 is 4.74 Å². The Hall–Kier alpha value is -1.22. The van der Waals surface area contributed by atoms with E-state index in [1.54, 1.807) is 7.11 Å². The van der Waals surface area contributed by atoms with Gasteiger partial charge < -0.3 is 15.4 Å². The Balaban J connectivity index is 2.27. The second-order valence-corrected chi connectivity index (χ2v) is 4.25. The minimum absolute atomic E-state index is 0.593. The van der Waals surface area contributed by atoms with Gasteiger partial charge in [-0.1, -0.05) is 6.07 Å². The summed E-state index contributed by atoms with van der Waals surface area (Å²) in [5.41, 5.74) is 8.24. The van der Waals surface area contributed by atoms with Crippen molar-refractivity contribution in [2.24, 2.45) is 5.73 Å². The van der Waals surface area contributed by atoms with Crippen LogP contribution in [0.25, 0.3) is 0 Å². The fourth-order valence-electron chi connectivity index (χ4n) is 2.27. The molecule has 0 saturated carbocycles. The summed E-state index contributed by atoms with van der Waals surface area (Å²) in [6, 6.07) is 6.16. The lowest BCUT2D eigenvalue weighted by molar-refractivity contribution is 0.414. The molecule has 0 spiro atoms. The first-order chi connectivity index (χ1) is 7.85. The molecule has 16 heavy (non-hydrogen) atoms. The van der Waals surface area contributed by atoms with Crippen LogP contribution in [0.5, 0.6) is 5.75 Å². The summed E-state index contributed by atoms with van der Waals surface area (Å²) >= 11 is 0. The molecule has 1 aromatic rings. The van der Waals surface area contributed by atoms with Gasteiger partial charge in [0.05, 0.1) is 7.11 Å². The number of anilines is 1. The van der Waals surface area contributed by atoms with E-state index >= 15 is 0 Å². The maximum atomic E-state index is 5.78. The van der Waals surface area contributed by atoms with E-state index in [0.717, 1.165) is 18.8 Å². The second kappa shape index (κ2) is 5.21. The molecular formula is C13H20N2O. The molecule has 1 aromatic carbocycles. The molecule has 2 rings (SSSR count). The van der Waals surface area contributed by atoms with Gasteiger partial charge in [-0.25, -0.2) is 0 Å². The van der Waals surface area contributed by atoms with Crippen LogP contribution in [-0.2, 0) is 6.54 Å². The average molecular weight is 220 g/mol. The van der Waals surface area contributed by atoms with Gasteiger partial charge in [0, 0.05) is 31.4 Å². The van der Waals surface area contributed by atoms with Gasteiger partial charge in [0.15, 0.2) is 0 Å². The van der Waals surface area contributed by atoms with Gasteiger partial charge in [-0.3, -0.25) is 0 Å². The average Bonchev–Trinajstić information content (AvgIpc) is 2.39. The monoisotopic (exact) mass is 220 g/mol. The molecule has 0 unspecified atom stereocenters. The normalized spacial score (nSPS) is 16.2. The minimum Gasteiger partial charge on any atom is -0.497 e. The number of piperidine rings is 1. The molecule has 1 fully saturated rings. The van der Waals surface area contributed by atoms with E-state index in [2.05, 4.69) is 17.0 Å². The van der Waals surface area contributed by atoms with Crippen LogP contribution >= 0.6 is 0 Å². The molecule has 1 heterocycles. The summed E-state index contributed by atoms with van der Waals surface area (Å²) in [7, 11) is 1.71. The number of hydrogen-bond acceptors (Lipinski definition) is 3. The quantitative estimate of drug-likeness (QED) is 0.848. The summed E-state index contributed by atoms with van der Waals surface area (Å²) in [5, 5.41) is 0. The van der Waals surface area contributed by atoms with Crippen molar-refractivity contribution in [1.29, 1.82) is 0 Å². The van der Waals surface area contributed by atoms with E-state index in [1.165, 1.54) is 30.5 Å². The van der Waals surface area contributed by atoms with Crippen molar-refractivity contribution in [2.45, 2.75) is 25.8 Å². The van der Waals surface area contributed by atoms with Gasteiger partial charge in [0.2, 0.25) is 0 Å². The molecule has 0 amide bonds. The molecule has 0 aliphatic carbocycles. The van der Waals surface area contributed by atoms with Crippen LogP contribution < -0.4 is 15.4 Å². The number of ether oxygens (including phenoxy) is 1. The first-order valence-corrected chi connectivity index (χ1v) is 5.97. The zero-order valence-corrected chi connectivity index (χ0v) is 9.91. The first kappa shape index (κ1) is 11.3. The van der Waals surface area contributed by atoms with Crippen LogP contribution in [0.3, 0.4) is 0 Å². The van der Waals surface area contributed by atoms with Crippen molar-refractivity contribution in [3.63, 3.8) is 0 Å². The second-order valence-electron chi connectivity index (χ2n) is 4.25. The Kier molecular flexibility index (Phi) is 3.67. The molecule has 3 nitrogen and oxygen atoms in total. The lowest BCUT2D eigenvalue weighted by atomic mass is 10.1. The summed E-state index contributed by atoms with van der Waals surface area (Å²) in [4.78, 5) is 2.42. The maximum Gasteiger partial charge on any atom is 0.120 e. The van der Waals surface area contributed by atoms with Crippen LogP contribution in [0.2, 0.25) is 0 Å². The van der Waals surface area contributed by atoms with Crippen LogP contribution in [0.4, 0.5) is 5.69 Å². The Morgan fingerprint density at radius 1 is 1.25 bits per heavy atom. The Labute approximate surface area is 97.2 Å². The SMILES string of the molecule is COc1ccc(CN)c(N2CCCCC2)c1. The standard InChI is InChI=1S/C13H20N2O/c1-16-12-6-5-11(10-14)13(9-12)15-7-3-2-4-8-15/h5-6,9H,2-4,7-8,10,14H2,1H3. The molecule has 88 valence electrons. The fraction of sp³-hybridized carbons (Fsp3) is 0.538. The van der Waals surface area contributed by atoms with E-state index in [0.29, 0.717) is 6.54 Å². The van der Waals surface area contributed by atoms with E-state index in [1.807, 2.05) is 6.07 Å². The van der Waals surface area contributed by atoms with Gasteiger partial charge in [0.25, 0.3) is 0 Å². The number of nitrogens with zero attached hydrogens (tertiary/aromatic N) is 1. The molecule has 0 radical (unpaired) electrons. The molecule has 0 bridgehead atoms. The number of methoxy groups -OCH3 is 1. The van der Waals surface area contributed by atoms with E-state index < -0.39 is 0 Å². The Morgan fingerprint density at radius 3 is 2.62 bits per heavy atom. The highest BCUT2D eigenvalue weighted by Crippen LogP contribution is 2.28. The zero-order chi connectivity index (χ0) is 11.4. The van der Waals surface area contributed by atoms with Crippen molar-refractivity contribution in [3.8, 4) is 5.75 Å². The van der Waals surface area contributed by atoms with Crippen LogP contribution in [0.15, 0.2) is 18.2 Å². The minimum atomic E-state index is 0.593. The third-order valence-corrected chi connectivity index (χ3v) is 3.21. The molecule has 3 heteroatoms. The Morgan fingerprint density at radius 2 is 2.00 bits per heavy atom. The third kappa shape index (κ3) is 2.30. The van der Waals surface area contributed by atoms with Gasteiger partial charge in [0.1, 0.15) is 5.75 Å². The topological polar surface area (TPSA) is 38.5 Å². The number of hydrogen-bond donors (Lipinski definition) is 1. The zero-order valence-electron chi connectivity index (χ0n) is 9.91. The summed E-state index contributed by atoms with van der Waals surface area (Å²) in [6.45, 7) is 2.87. The number of benzene rings is 1. The van der Waals surface area contributed by atoms with Crippen molar-refractivity contribution >= 4 is 5.69 Å². The molecule has 0 atom stereocenters. The van der Waals surface area contributed by atoms with Crippen molar-refractivity contribution in [2.75, 3.05) is 25.1 Å². The maximum absolute atomic E-state index is 5.78. The van der Waals surface area contributed by atoms with Crippen molar-refractivity contribution in [3.05, 3.63) is 23.8 Å². The lowest BCUT2D eigenvalue weighted by Crippen LogP contribution is -2.30. The molecule has 1 saturated heterocycles. The highest BCUT2D eigenvalue weighted by molar-refractivity contribution is 5.57. The van der Waals surface area contributed by atoms with Gasteiger partial charge >= 0.3 is 0 Å². The van der Waals surface area contributed by atoms with Crippen LogP contribution in [0, 0.1) is 0 Å². The van der Waals surface area contributed by atoms with E-state index in [-0.39, 0.29) is 0 Å². The summed E-state index contributed by atoms with van der Waals surface area (Å²) in [6.07, 6.45) is 3.90. The predicted octanol–water partition coefficient (Wildman–Crippen LogP) is 2.14. The first-order valence-electron chi connectivity index (χ1n) is 5.97. The van der Waals surface area contributed by atoms with Gasteiger partial charge in [-0.15, -0.1) is 0 Å². The summed E-state index contributed by atoms with van der Waals surface area (Å²) in [5.74, 6) is 0.915. The number of nitrogens with two attached hydrogens (primary N) is 1. The number of rotatable bonds is 3. The van der Waals surface area contributed by atoms with Crippen LogP contribution in [0.1, 0.15) is 24.8 Å². The molecule has 0 aromatic heterocycles. The highest BCUT2D eigenvalue weighted by Gasteiger charge is 2.14. The molecular weight excluding hydrogens is 200 g/mol. The predicted molar refractivity (Wildman–Crippen MR) is 66.9 cm³/mol. The molecule has 2 N–H and O–H groups in total. The van der Waals surface area contributed by atoms with Gasteiger partial charge in [-0.2, -0.15) is 0 Å². The summed E-state index contributed by atoms with van der Waals surface area (Å²) < 4.78 is 5.28. The Bertz CT molecular complexity index is 346. The van der Waals surface area contributed by atoms with E-state index in [9.17, 15) is 0 Å². The molecule has 1 aliphatic heterocycles. The van der Waals surface area contributed by atoms with Crippen LogP contribution in [-0.4, -0.2) is 20.2 Å². The van der Waals surface area contributed by atoms with E-state index in [4.69, 9.17) is 10.5 Å². The van der Waals surface area contributed by atoms with Crippen molar-refractivity contribution in [1.82, 2.24) is 0 Å². The molecule has 1 aliphatic rings. The lowest BCUT2D eigenvalue weighted by Gasteiger charge is -2.30. The smallest absolute Gasteiger partial charge is 0.120 e. The van der Waals surface area contributed by atoms with Gasteiger partial charge in [-0.05, 0) is 30.9 Å². The largest absolute Gasteiger partial charge is 0.497 e. The fourth-order valence-corrected chi connectivity index (χ4v) is 2.27. The highest BCUT2D eigenvalue weighted by atomic mass is 16.5. The third-order valence-electron chi connectivity index (χ3n) is 3.21.